The van der Waals surface area contributed by atoms with Crippen LogP contribution in [0.2, 0.25) is 0 Å². The van der Waals surface area contributed by atoms with E-state index in [1.54, 1.807) is 6.92 Å². The SMILES string of the molecule is CCC(=O)C(C1=CC(C)CC=C1)C(C)CCC(C)=O. The molecule has 0 heterocycles. The van der Waals surface area contributed by atoms with Crippen LogP contribution in [0.1, 0.15) is 53.4 Å². The number of allylic oxidation sites excluding steroid dienone is 4. The van der Waals surface area contributed by atoms with Crippen molar-refractivity contribution >= 4 is 11.6 Å². The highest BCUT2D eigenvalue weighted by Crippen LogP contribution is 2.31. The molecule has 0 N–H and O–H groups in total. The summed E-state index contributed by atoms with van der Waals surface area (Å²) in [6, 6.07) is 0. The zero-order valence-corrected chi connectivity index (χ0v) is 12.6. The predicted molar refractivity (Wildman–Crippen MR) is 78.9 cm³/mol. The third-order valence-corrected chi connectivity index (χ3v) is 3.87. The Kier molecular flexibility index (Phi) is 6.20. The first-order valence-corrected chi connectivity index (χ1v) is 7.36. The molecule has 1 rings (SSSR count). The molecule has 2 nitrogen and oxygen atoms in total. The zero-order chi connectivity index (χ0) is 14.4. The second-order valence-corrected chi connectivity index (χ2v) is 5.80. The lowest BCUT2D eigenvalue weighted by Crippen LogP contribution is -2.24. The molecule has 3 unspecified atom stereocenters. The van der Waals surface area contributed by atoms with Gasteiger partial charge in [0.2, 0.25) is 0 Å². The first kappa shape index (κ1) is 15.9. The zero-order valence-electron chi connectivity index (χ0n) is 12.6. The summed E-state index contributed by atoms with van der Waals surface area (Å²) in [5.74, 6) is 1.20. The van der Waals surface area contributed by atoms with E-state index in [1.807, 2.05) is 6.92 Å². The van der Waals surface area contributed by atoms with Crippen LogP contribution in [0.25, 0.3) is 0 Å². The van der Waals surface area contributed by atoms with Crippen molar-refractivity contribution in [1.82, 2.24) is 0 Å². The topological polar surface area (TPSA) is 34.1 Å². The Balaban J connectivity index is 2.85. The standard InChI is InChI=1S/C17H26O2/c1-5-16(19)17(13(3)9-10-14(4)18)15-8-6-7-12(2)11-15/h6,8,11-13,17H,5,7,9-10H2,1-4H3. The van der Waals surface area contributed by atoms with Gasteiger partial charge in [0.05, 0.1) is 0 Å². The molecule has 0 aromatic rings. The molecule has 0 fully saturated rings. The highest BCUT2D eigenvalue weighted by molar-refractivity contribution is 5.84. The van der Waals surface area contributed by atoms with Gasteiger partial charge in [-0.25, -0.2) is 0 Å². The summed E-state index contributed by atoms with van der Waals surface area (Å²) < 4.78 is 0. The van der Waals surface area contributed by atoms with Gasteiger partial charge in [0.15, 0.2) is 0 Å². The van der Waals surface area contributed by atoms with Crippen molar-refractivity contribution in [2.75, 3.05) is 0 Å². The van der Waals surface area contributed by atoms with E-state index < -0.39 is 0 Å². The molecule has 0 saturated heterocycles. The minimum absolute atomic E-state index is 0.0386. The molecule has 1 aliphatic rings. The predicted octanol–water partition coefficient (Wildman–Crippen LogP) is 4.11. The van der Waals surface area contributed by atoms with Gasteiger partial charge < -0.3 is 4.79 Å². The van der Waals surface area contributed by atoms with Gasteiger partial charge in [0.1, 0.15) is 11.6 Å². The van der Waals surface area contributed by atoms with E-state index in [4.69, 9.17) is 0 Å². The van der Waals surface area contributed by atoms with Crippen LogP contribution >= 0.6 is 0 Å². The van der Waals surface area contributed by atoms with E-state index in [9.17, 15) is 9.59 Å². The average molecular weight is 262 g/mol. The number of rotatable bonds is 7. The normalized spacial score (nSPS) is 21.7. The first-order valence-electron chi connectivity index (χ1n) is 7.36. The summed E-state index contributed by atoms with van der Waals surface area (Å²) in [6.07, 6.45) is 9.47. The summed E-state index contributed by atoms with van der Waals surface area (Å²) >= 11 is 0. The third-order valence-electron chi connectivity index (χ3n) is 3.87. The van der Waals surface area contributed by atoms with Crippen LogP contribution in [-0.2, 0) is 9.59 Å². The first-order chi connectivity index (χ1) is 8.95. The van der Waals surface area contributed by atoms with Crippen molar-refractivity contribution < 1.29 is 9.59 Å². The van der Waals surface area contributed by atoms with Crippen molar-refractivity contribution in [2.24, 2.45) is 17.8 Å². The third kappa shape index (κ3) is 4.77. The van der Waals surface area contributed by atoms with Crippen LogP contribution in [0.5, 0.6) is 0 Å². The van der Waals surface area contributed by atoms with Crippen molar-refractivity contribution in [3.63, 3.8) is 0 Å². The maximum Gasteiger partial charge on any atom is 0.140 e. The van der Waals surface area contributed by atoms with E-state index in [1.165, 1.54) is 0 Å². The number of carbonyl (C=O) groups excluding carboxylic acids is 2. The lowest BCUT2D eigenvalue weighted by molar-refractivity contribution is -0.123. The molecule has 0 saturated carbocycles. The Bertz CT molecular complexity index is 390. The summed E-state index contributed by atoms with van der Waals surface area (Å²) in [5, 5.41) is 0. The lowest BCUT2D eigenvalue weighted by atomic mass is 9.77. The summed E-state index contributed by atoms with van der Waals surface area (Å²) in [4.78, 5) is 23.4. The summed E-state index contributed by atoms with van der Waals surface area (Å²) in [5.41, 5.74) is 1.15. The molecule has 3 atom stereocenters. The van der Waals surface area contributed by atoms with Gasteiger partial charge in [-0.1, -0.05) is 39.0 Å². The maximum atomic E-state index is 12.2. The van der Waals surface area contributed by atoms with E-state index in [0.717, 1.165) is 18.4 Å². The smallest absolute Gasteiger partial charge is 0.140 e. The van der Waals surface area contributed by atoms with Crippen molar-refractivity contribution in [1.29, 1.82) is 0 Å². The highest BCUT2D eigenvalue weighted by Gasteiger charge is 2.27. The van der Waals surface area contributed by atoms with Crippen LogP contribution in [-0.4, -0.2) is 11.6 Å². The van der Waals surface area contributed by atoms with Gasteiger partial charge >= 0.3 is 0 Å². The Labute approximate surface area is 117 Å². The van der Waals surface area contributed by atoms with Crippen LogP contribution in [0, 0.1) is 17.8 Å². The fraction of sp³-hybridized carbons (Fsp3) is 0.647. The molecular formula is C17H26O2. The molecule has 19 heavy (non-hydrogen) atoms. The minimum atomic E-state index is -0.0386. The molecular weight excluding hydrogens is 236 g/mol. The average Bonchev–Trinajstić information content (AvgIpc) is 2.36. The molecule has 0 aromatic heterocycles. The molecule has 0 bridgehead atoms. The van der Waals surface area contributed by atoms with Crippen LogP contribution in [0.4, 0.5) is 0 Å². The molecule has 0 radical (unpaired) electrons. The molecule has 1 aliphatic carbocycles. The van der Waals surface area contributed by atoms with Gasteiger partial charge in [0.25, 0.3) is 0 Å². The second-order valence-electron chi connectivity index (χ2n) is 5.80. The highest BCUT2D eigenvalue weighted by atomic mass is 16.1. The number of Topliss-reactive ketones (excluding diaryl/α,β-unsaturated/α-hetero) is 2. The Hall–Kier alpha value is -1.18. The van der Waals surface area contributed by atoms with Gasteiger partial charge in [-0.15, -0.1) is 0 Å². The maximum absolute atomic E-state index is 12.2. The van der Waals surface area contributed by atoms with Gasteiger partial charge in [-0.05, 0) is 37.2 Å². The van der Waals surface area contributed by atoms with Crippen molar-refractivity contribution in [3.05, 3.63) is 23.8 Å². The molecule has 0 aliphatic heterocycles. The summed E-state index contributed by atoms with van der Waals surface area (Å²) in [7, 11) is 0. The number of ketones is 2. The Morgan fingerprint density at radius 3 is 2.63 bits per heavy atom. The molecule has 0 spiro atoms. The largest absolute Gasteiger partial charge is 0.300 e. The second kappa shape index (κ2) is 7.42. The quantitative estimate of drug-likeness (QED) is 0.692. The molecule has 106 valence electrons. The van der Waals surface area contributed by atoms with Gasteiger partial charge in [0, 0.05) is 18.8 Å². The summed E-state index contributed by atoms with van der Waals surface area (Å²) in [6.45, 7) is 7.81. The molecule has 0 amide bonds. The van der Waals surface area contributed by atoms with E-state index in [-0.39, 0.29) is 17.6 Å². The molecule has 0 aromatic carbocycles. The van der Waals surface area contributed by atoms with Crippen LogP contribution < -0.4 is 0 Å². The fourth-order valence-electron chi connectivity index (χ4n) is 2.73. The number of hydrogen-bond donors (Lipinski definition) is 0. The number of carbonyl (C=O) groups is 2. The fourth-order valence-corrected chi connectivity index (χ4v) is 2.73. The van der Waals surface area contributed by atoms with Crippen molar-refractivity contribution in [2.45, 2.75) is 53.4 Å². The van der Waals surface area contributed by atoms with Crippen LogP contribution in [0.3, 0.4) is 0 Å². The van der Waals surface area contributed by atoms with Crippen molar-refractivity contribution in [3.8, 4) is 0 Å². The van der Waals surface area contributed by atoms with Crippen LogP contribution in [0.15, 0.2) is 23.8 Å². The monoisotopic (exact) mass is 262 g/mol. The van der Waals surface area contributed by atoms with Gasteiger partial charge in [-0.3, -0.25) is 4.79 Å². The van der Waals surface area contributed by atoms with E-state index in [2.05, 4.69) is 32.1 Å². The number of hydrogen-bond acceptors (Lipinski definition) is 2. The lowest BCUT2D eigenvalue weighted by Gasteiger charge is -2.26. The van der Waals surface area contributed by atoms with E-state index in [0.29, 0.717) is 24.5 Å². The molecule has 2 heteroatoms. The minimum Gasteiger partial charge on any atom is -0.300 e. The van der Waals surface area contributed by atoms with E-state index >= 15 is 0 Å². The van der Waals surface area contributed by atoms with Gasteiger partial charge in [-0.2, -0.15) is 0 Å². The Morgan fingerprint density at radius 2 is 2.11 bits per heavy atom. The Morgan fingerprint density at radius 1 is 1.42 bits per heavy atom.